The Balaban J connectivity index is 1.52. The van der Waals surface area contributed by atoms with Gasteiger partial charge in [0.1, 0.15) is 28.8 Å². The van der Waals surface area contributed by atoms with E-state index in [9.17, 15) is 23.9 Å². The van der Waals surface area contributed by atoms with Gasteiger partial charge in [-0.15, -0.1) is 0 Å². The minimum atomic E-state index is -1.48. The first-order chi connectivity index (χ1) is 17.3. The molecule has 2 N–H and O–H groups in total. The number of rotatable bonds is 5. The molecule has 2 saturated heterocycles. The van der Waals surface area contributed by atoms with E-state index in [2.05, 4.69) is 5.32 Å². The van der Waals surface area contributed by atoms with E-state index in [-0.39, 0.29) is 47.0 Å². The summed E-state index contributed by atoms with van der Waals surface area (Å²) >= 11 is 6.72. The second-order valence-electron chi connectivity index (χ2n) is 11.0. The number of alkyl carbamates (subject to hydrolysis) is 1. The average molecular weight is 540 g/mol. The summed E-state index contributed by atoms with van der Waals surface area (Å²) in [6.07, 6.45) is 0.0990. The van der Waals surface area contributed by atoms with Crippen LogP contribution >= 0.6 is 11.6 Å². The molecule has 2 aromatic rings. The fourth-order valence-corrected chi connectivity index (χ4v) is 5.81. The number of pyridine rings is 1. The number of carboxylic acid groups (broad SMARTS) is 1. The summed E-state index contributed by atoms with van der Waals surface area (Å²) in [5, 5.41) is 11.9. The van der Waals surface area contributed by atoms with Crippen molar-refractivity contribution in [2.45, 2.75) is 57.0 Å². The molecule has 1 aromatic heterocycles. The number of alkyl halides is 1. The number of amides is 1. The lowest BCUT2D eigenvalue weighted by Gasteiger charge is -2.30. The van der Waals surface area contributed by atoms with Crippen LogP contribution in [0.4, 0.5) is 19.3 Å². The normalized spacial score (nSPS) is 26.9. The van der Waals surface area contributed by atoms with E-state index >= 15 is 4.39 Å². The minimum absolute atomic E-state index is 0.0242. The average Bonchev–Trinajstić information content (AvgIpc) is 3.22. The van der Waals surface area contributed by atoms with Crippen LogP contribution in [0.25, 0.3) is 10.9 Å². The third-order valence-electron chi connectivity index (χ3n) is 7.20. The Kier molecular flexibility index (Phi) is 6.14. The van der Waals surface area contributed by atoms with Gasteiger partial charge in [0.2, 0.25) is 5.43 Å². The topological polar surface area (TPSA) is 110 Å². The third kappa shape index (κ3) is 4.52. The summed E-state index contributed by atoms with van der Waals surface area (Å²) in [4.78, 5) is 38.4. The van der Waals surface area contributed by atoms with E-state index in [4.69, 9.17) is 21.1 Å². The van der Waals surface area contributed by atoms with E-state index in [1.54, 1.807) is 25.7 Å². The first-order valence-electron chi connectivity index (χ1n) is 12.1. The van der Waals surface area contributed by atoms with Gasteiger partial charge in [-0.1, -0.05) is 11.6 Å². The van der Waals surface area contributed by atoms with Crippen LogP contribution in [0.1, 0.15) is 50.0 Å². The number of halogens is 3. The fraction of sp³-hybridized carbons (Fsp3) is 0.560. The Hall–Kier alpha value is -2.92. The number of fused-ring (bicyclic) bond motifs is 2. The summed E-state index contributed by atoms with van der Waals surface area (Å²) < 4.78 is 42.3. The van der Waals surface area contributed by atoms with Crippen LogP contribution in [0.15, 0.2) is 17.1 Å². The molecule has 3 heterocycles. The van der Waals surface area contributed by atoms with E-state index in [0.29, 0.717) is 19.6 Å². The molecular formula is C25H28ClF2N3O6. The van der Waals surface area contributed by atoms with Crippen molar-refractivity contribution in [1.82, 2.24) is 9.88 Å². The number of carboxylic acids is 1. The quantitative estimate of drug-likeness (QED) is 0.593. The maximum absolute atomic E-state index is 15.5. The van der Waals surface area contributed by atoms with Crippen molar-refractivity contribution in [2.75, 3.05) is 31.1 Å². The first kappa shape index (κ1) is 25.7. The van der Waals surface area contributed by atoms with Crippen LogP contribution in [0, 0.1) is 11.7 Å². The molecular weight excluding hydrogens is 512 g/mol. The van der Waals surface area contributed by atoms with Gasteiger partial charge in [0.05, 0.1) is 34.2 Å². The smallest absolute Gasteiger partial charge is 0.407 e. The van der Waals surface area contributed by atoms with Gasteiger partial charge < -0.3 is 29.4 Å². The van der Waals surface area contributed by atoms with Gasteiger partial charge in [-0.3, -0.25) is 4.79 Å². The second-order valence-corrected chi connectivity index (χ2v) is 11.3. The molecule has 37 heavy (non-hydrogen) atoms. The zero-order chi connectivity index (χ0) is 26.9. The Morgan fingerprint density at radius 1 is 1.38 bits per heavy atom. The molecule has 1 saturated carbocycles. The molecule has 0 radical (unpaired) electrons. The van der Waals surface area contributed by atoms with Crippen LogP contribution in [-0.4, -0.2) is 65.4 Å². The molecule has 5 rings (SSSR count). The summed E-state index contributed by atoms with van der Waals surface area (Å²) in [5.41, 5.74) is -2.81. The molecule has 0 bridgehead atoms. The van der Waals surface area contributed by atoms with Gasteiger partial charge >= 0.3 is 12.1 Å². The largest absolute Gasteiger partial charge is 0.477 e. The van der Waals surface area contributed by atoms with E-state index in [1.165, 1.54) is 4.57 Å². The number of benzene rings is 1. The van der Waals surface area contributed by atoms with Crippen molar-refractivity contribution >= 4 is 40.3 Å². The summed E-state index contributed by atoms with van der Waals surface area (Å²) in [7, 11) is 0. The van der Waals surface area contributed by atoms with Gasteiger partial charge in [0.15, 0.2) is 0 Å². The van der Waals surface area contributed by atoms with Crippen molar-refractivity contribution < 1.29 is 33.0 Å². The van der Waals surface area contributed by atoms with Gasteiger partial charge in [0.25, 0.3) is 0 Å². The van der Waals surface area contributed by atoms with Gasteiger partial charge in [-0.2, -0.15) is 0 Å². The molecule has 4 atom stereocenters. The highest BCUT2D eigenvalue weighted by Crippen LogP contribution is 2.47. The number of carbonyl (C=O) groups is 2. The van der Waals surface area contributed by atoms with Crippen molar-refractivity contribution in [2.24, 2.45) is 5.92 Å². The number of hydrogen-bond donors (Lipinski definition) is 2. The Bertz CT molecular complexity index is 1360. The Labute approximate surface area is 216 Å². The van der Waals surface area contributed by atoms with Gasteiger partial charge in [-0.25, -0.2) is 18.4 Å². The van der Waals surface area contributed by atoms with Crippen molar-refractivity contribution in [1.29, 1.82) is 0 Å². The zero-order valence-electron chi connectivity index (χ0n) is 20.6. The number of nitrogens with one attached hydrogen (secondary N) is 1. The lowest BCUT2D eigenvalue weighted by Crippen LogP contribution is -2.49. The highest BCUT2D eigenvalue weighted by atomic mass is 35.5. The number of nitrogens with zero attached hydrogens (tertiary/aromatic N) is 2. The third-order valence-corrected chi connectivity index (χ3v) is 7.56. The lowest BCUT2D eigenvalue weighted by atomic mass is 9.91. The molecule has 3 fully saturated rings. The van der Waals surface area contributed by atoms with Gasteiger partial charge in [0, 0.05) is 38.2 Å². The highest BCUT2D eigenvalue weighted by molar-refractivity contribution is 6.38. The number of anilines is 1. The van der Waals surface area contributed by atoms with Crippen LogP contribution < -0.4 is 15.6 Å². The second kappa shape index (κ2) is 8.83. The maximum atomic E-state index is 15.5. The molecule has 9 nitrogen and oxygen atoms in total. The number of ether oxygens (including phenoxy) is 2. The first-order valence-corrected chi connectivity index (χ1v) is 12.5. The minimum Gasteiger partial charge on any atom is -0.477 e. The van der Waals surface area contributed by atoms with Crippen molar-refractivity contribution in [3.63, 3.8) is 0 Å². The number of aromatic nitrogens is 1. The molecule has 2 unspecified atom stereocenters. The number of hydrogen-bond acceptors (Lipinski definition) is 6. The van der Waals surface area contributed by atoms with E-state index in [0.717, 1.165) is 12.3 Å². The molecule has 0 spiro atoms. The number of aromatic carboxylic acids is 1. The predicted molar refractivity (Wildman–Crippen MR) is 132 cm³/mol. The van der Waals surface area contributed by atoms with Crippen LogP contribution in [0.2, 0.25) is 5.02 Å². The maximum Gasteiger partial charge on any atom is 0.407 e. The van der Waals surface area contributed by atoms with Crippen LogP contribution in [0.3, 0.4) is 0 Å². The number of carbonyl (C=O) groups excluding carboxylic acids is 1. The standard InChI is InChI=1S/C25H28ClF2N3O6/c1-24(2,3)37-23(35)29-10-25-11-30(8-12(25)4-5-36-25)20-16(28)6-13-19(18(20)26)31(17-7-15(17)27)9-14(21(13)32)22(33)34/h6,9,12,15,17H,4-5,7-8,10-11H2,1-3H3,(H,29,35)(H,33,34)/t12?,15-,17+,25?/m0/s1. The monoisotopic (exact) mass is 539 g/mol. The Morgan fingerprint density at radius 2 is 2.08 bits per heavy atom. The van der Waals surface area contributed by atoms with Crippen molar-refractivity contribution in [3.05, 3.63) is 38.9 Å². The molecule has 200 valence electrons. The highest BCUT2D eigenvalue weighted by Gasteiger charge is 2.52. The molecule has 1 aromatic carbocycles. The molecule has 12 heteroatoms. The fourth-order valence-electron chi connectivity index (χ4n) is 5.40. The lowest BCUT2D eigenvalue weighted by molar-refractivity contribution is -0.000269. The van der Waals surface area contributed by atoms with E-state index in [1.807, 2.05) is 0 Å². The van der Waals surface area contributed by atoms with Gasteiger partial charge in [-0.05, 0) is 33.3 Å². The predicted octanol–water partition coefficient (Wildman–Crippen LogP) is 3.90. The summed E-state index contributed by atoms with van der Waals surface area (Å²) in [6, 6.07) is 0.278. The van der Waals surface area contributed by atoms with Crippen LogP contribution in [-0.2, 0) is 9.47 Å². The Morgan fingerprint density at radius 3 is 2.70 bits per heavy atom. The summed E-state index contributed by atoms with van der Waals surface area (Å²) in [5.74, 6) is -2.32. The molecule has 3 aliphatic rings. The molecule has 2 aliphatic heterocycles. The zero-order valence-corrected chi connectivity index (χ0v) is 21.4. The van der Waals surface area contributed by atoms with Crippen molar-refractivity contribution in [3.8, 4) is 0 Å². The van der Waals surface area contributed by atoms with E-state index < -0.39 is 52.3 Å². The molecule has 1 aliphatic carbocycles. The van der Waals surface area contributed by atoms with Crippen LogP contribution in [0.5, 0.6) is 0 Å². The molecule has 1 amide bonds. The SMILES string of the molecule is CC(C)(C)OC(=O)NCC12CN(c3c(F)cc4c(=O)c(C(=O)O)cn([C@@H]5C[C@@H]5F)c4c3Cl)CC1CCO2. The summed E-state index contributed by atoms with van der Waals surface area (Å²) in [6.45, 7) is 6.49.